The second kappa shape index (κ2) is 9.54. The molecule has 1 heterocycles. The molecule has 0 spiro atoms. The number of aromatic nitrogens is 1. The summed E-state index contributed by atoms with van der Waals surface area (Å²) in [6, 6.07) is 0. The molecular weight excluding hydrogens is 262 g/mol. The predicted molar refractivity (Wildman–Crippen MR) is 87.0 cm³/mol. The van der Waals surface area contributed by atoms with Gasteiger partial charge in [0.2, 0.25) is 0 Å². The highest BCUT2D eigenvalue weighted by atomic mass is 16.5. The summed E-state index contributed by atoms with van der Waals surface area (Å²) in [6.07, 6.45) is 10.2. The summed E-state index contributed by atoms with van der Waals surface area (Å²) in [5.74, 6) is 1.14. The van der Waals surface area contributed by atoms with E-state index < -0.39 is 0 Å². The van der Waals surface area contributed by atoms with Crippen molar-refractivity contribution >= 4 is 5.78 Å². The first-order valence-corrected chi connectivity index (χ1v) is 8.10. The maximum absolute atomic E-state index is 12.1. The standard InChI is InChI=1S/C18H29NO2/c1-5-6-7-8-9-10-11-16(20)12-17-15(3)18(21-4)14(2)13-19-17/h13H,5-12H2,1-4H3. The van der Waals surface area contributed by atoms with Crippen molar-refractivity contribution < 1.29 is 9.53 Å². The van der Waals surface area contributed by atoms with Gasteiger partial charge in [0.05, 0.1) is 12.8 Å². The third kappa shape index (κ3) is 5.86. The van der Waals surface area contributed by atoms with E-state index in [0.717, 1.165) is 35.4 Å². The van der Waals surface area contributed by atoms with E-state index in [1.807, 2.05) is 13.8 Å². The van der Waals surface area contributed by atoms with Crippen LogP contribution in [0, 0.1) is 13.8 Å². The smallest absolute Gasteiger partial charge is 0.138 e. The summed E-state index contributed by atoms with van der Waals surface area (Å²) in [6.45, 7) is 6.17. The van der Waals surface area contributed by atoms with Crippen molar-refractivity contribution in [3.63, 3.8) is 0 Å². The molecule has 1 aromatic heterocycles. The van der Waals surface area contributed by atoms with Crippen LogP contribution in [0.3, 0.4) is 0 Å². The first-order chi connectivity index (χ1) is 10.1. The number of unbranched alkanes of at least 4 members (excludes halogenated alkanes) is 5. The third-order valence-electron chi connectivity index (χ3n) is 3.92. The Kier molecular flexibility index (Phi) is 8.03. The molecule has 0 saturated carbocycles. The van der Waals surface area contributed by atoms with Crippen LogP contribution in [-0.2, 0) is 11.2 Å². The fraction of sp³-hybridized carbons (Fsp3) is 0.667. The van der Waals surface area contributed by atoms with Gasteiger partial charge in [-0.2, -0.15) is 0 Å². The lowest BCUT2D eigenvalue weighted by Gasteiger charge is -2.11. The van der Waals surface area contributed by atoms with Crippen LogP contribution in [0.4, 0.5) is 0 Å². The molecule has 0 unspecified atom stereocenters. The Morgan fingerprint density at radius 3 is 2.48 bits per heavy atom. The lowest BCUT2D eigenvalue weighted by atomic mass is 10.0. The van der Waals surface area contributed by atoms with Crippen LogP contribution in [-0.4, -0.2) is 17.9 Å². The van der Waals surface area contributed by atoms with Gasteiger partial charge in [-0.15, -0.1) is 0 Å². The number of ether oxygens (including phenoxy) is 1. The number of pyridine rings is 1. The average Bonchev–Trinajstić information content (AvgIpc) is 2.46. The maximum Gasteiger partial charge on any atom is 0.138 e. The molecule has 0 N–H and O–H groups in total. The highest BCUT2D eigenvalue weighted by Crippen LogP contribution is 2.24. The van der Waals surface area contributed by atoms with E-state index in [4.69, 9.17) is 4.74 Å². The zero-order chi connectivity index (χ0) is 15.7. The minimum Gasteiger partial charge on any atom is -0.496 e. The van der Waals surface area contributed by atoms with Gasteiger partial charge < -0.3 is 4.74 Å². The number of nitrogens with zero attached hydrogens (tertiary/aromatic N) is 1. The van der Waals surface area contributed by atoms with Crippen LogP contribution >= 0.6 is 0 Å². The normalized spacial score (nSPS) is 10.7. The molecule has 0 radical (unpaired) electrons. The highest BCUT2D eigenvalue weighted by molar-refractivity contribution is 5.80. The van der Waals surface area contributed by atoms with Crippen molar-refractivity contribution in [3.8, 4) is 5.75 Å². The molecule has 0 aliphatic heterocycles. The van der Waals surface area contributed by atoms with E-state index in [1.54, 1.807) is 13.3 Å². The van der Waals surface area contributed by atoms with E-state index in [1.165, 1.54) is 25.7 Å². The van der Waals surface area contributed by atoms with Gasteiger partial charge in [0, 0.05) is 30.2 Å². The summed E-state index contributed by atoms with van der Waals surface area (Å²) in [7, 11) is 1.66. The number of hydrogen-bond acceptors (Lipinski definition) is 3. The van der Waals surface area contributed by atoms with E-state index in [9.17, 15) is 4.79 Å². The molecule has 0 saturated heterocycles. The van der Waals surface area contributed by atoms with E-state index in [0.29, 0.717) is 12.8 Å². The quantitative estimate of drug-likeness (QED) is 0.593. The van der Waals surface area contributed by atoms with E-state index in [2.05, 4.69) is 11.9 Å². The largest absolute Gasteiger partial charge is 0.496 e. The Balaban J connectivity index is 2.41. The number of ketones is 1. The summed E-state index contributed by atoms with van der Waals surface area (Å²) in [4.78, 5) is 16.5. The Morgan fingerprint density at radius 2 is 1.81 bits per heavy atom. The molecular formula is C18H29NO2. The lowest BCUT2D eigenvalue weighted by molar-refractivity contribution is -0.118. The molecule has 0 atom stereocenters. The number of carbonyl (C=O) groups is 1. The molecule has 0 fully saturated rings. The van der Waals surface area contributed by atoms with E-state index >= 15 is 0 Å². The van der Waals surface area contributed by atoms with Crippen molar-refractivity contribution in [3.05, 3.63) is 23.0 Å². The van der Waals surface area contributed by atoms with Crippen LogP contribution in [0.25, 0.3) is 0 Å². The fourth-order valence-electron chi connectivity index (χ4n) is 2.63. The number of carbonyl (C=O) groups excluding carboxylic acids is 1. The zero-order valence-electron chi connectivity index (χ0n) is 14.0. The van der Waals surface area contributed by atoms with Gasteiger partial charge in [0.25, 0.3) is 0 Å². The number of methoxy groups -OCH3 is 1. The van der Waals surface area contributed by atoms with Crippen LogP contribution in [0.5, 0.6) is 5.75 Å². The molecule has 0 aliphatic rings. The molecule has 0 bridgehead atoms. The van der Waals surface area contributed by atoms with Gasteiger partial charge in [-0.3, -0.25) is 9.78 Å². The summed E-state index contributed by atoms with van der Waals surface area (Å²) in [5, 5.41) is 0. The summed E-state index contributed by atoms with van der Waals surface area (Å²) < 4.78 is 5.38. The Morgan fingerprint density at radius 1 is 1.14 bits per heavy atom. The highest BCUT2D eigenvalue weighted by Gasteiger charge is 2.12. The molecule has 1 aromatic rings. The average molecular weight is 291 g/mol. The molecule has 118 valence electrons. The molecule has 21 heavy (non-hydrogen) atoms. The number of hydrogen-bond donors (Lipinski definition) is 0. The molecule has 0 amide bonds. The van der Waals surface area contributed by atoms with Crippen molar-refractivity contribution in [2.45, 2.75) is 72.1 Å². The van der Waals surface area contributed by atoms with Crippen molar-refractivity contribution in [2.24, 2.45) is 0 Å². The number of rotatable bonds is 10. The topological polar surface area (TPSA) is 39.2 Å². The summed E-state index contributed by atoms with van der Waals surface area (Å²) in [5.41, 5.74) is 2.87. The second-order valence-corrected chi connectivity index (χ2v) is 5.78. The lowest BCUT2D eigenvalue weighted by Crippen LogP contribution is -2.07. The predicted octanol–water partition coefficient (Wildman–Crippen LogP) is 4.57. The Hall–Kier alpha value is -1.38. The van der Waals surface area contributed by atoms with Gasteiger partial charge in [-0.25, -0.2) is 0 Å². The van der Waals surface area contributed by atoms with Gasteiger partial charge in [0.15, 0.2) is 0 Å². The molecule has 1 rings (SSSR count). The molecule has 3 nitrogen and oxygen atoms in total. The van der Waals surface area contributed by atoms with Gasteiger partial charge in [0.1, 0.15) is 11.5 Å². The summed E-state index contributed by atoms with van der Waals surface area (Å²) >= 11 is 0. The molecule has 0 aliphatic carbocycles. The van der Waals surface area contributed by atoms with Crippen molar-refractivity contribution in [2.75, 3.05) is 7.11 Å². The van der Waals surface area contributed by atoms with Crippen LogP contribution in [0.2, 0.25) is 0 Å². The van der Waals surface area contributed by atoms with E-state index in [-0.39, 0.29) is 5.78 Å². The first kappa shape index (κ1) is 17.7. The maximum atomic E-state index is 12.1. The van der Waals surface area contributed by atoms with Gasteiger partial charge in [-0.1, -0.05) is 39.0 Å². The first-order valence-electron chi connectivity index (χ1n) is 8.10. The Bertz CT molecular complexity index is 455. The monoisotopic (exact) mass is 291 g/mol. The Labute approximate surface area is 129 Å². The van der Waals surface area contributed by atoms with Crippen molar-refractivity contribution in [1.29, 1.82) is 0 Å². The van der Waals surface area contributed by atoms with Gasteiger partial charge >= 0.3 is 0 Å². The van der Waals surface area contributed by atoms with Crippen LogP contribution in [0.15, 0.2) is 6.20 Å². The van der Waals surface area contributed by atoms with Crippen molar-refractivity contribution in [1.82, 2.24) is 4.98 Å². The number of aryl methyl sites for hydroxylation is 1. The third-order valence-corrected chi connectivity index (χ3v) is 3.92. The SMILES string of the molecule is CCCCCCCCC(=O)Cc1ncc(C)c(OC)c1C. The minimum absolute atomic E-state index is 0.284. The van der Waals surface area contributed by atoms with Crippen LogP contribution < -0.4 is 4.74 Å². The minimum atomic E-state index is 0.284. The molecule has 0 aromatic carbocycles. The zero-order valence-corrected chi connectivity index (χ0v) is 14.0. The number of Topliss-reactive ketones (excluding diaryl/α,β-unsaturated/α-hetero) is 1. The second-order valence-electron chi connectivity index (χ2n) is 5.78. The van der Waals surface area contributed by atoms with Crippen LogP contribution in [0.1, 0.15) is 68.7 Å². The molecule has 3 heteroatoms. The fourth-order valence-corrected chi connectivity index (χ4v) is 2.63. The van der Waals surface area contributed by atoms with Gasteiger partial charge in [-0.05, 0) is 20.3 Å².